The highest BCUT2D eigenvalue weighted by molar-refractivity contribution is 6.03. The average Bonchev–Trinajstić information content (AvgIpc) is 2.32. The lowest BCUT2D eigenvalue weighted by Crippen LogP contribution is -2.29. The second-order valence-electron chi connectivity index (χ2n) is 3.41. The first-order valence-corrected chi connectivity index (χ1v) is 4.93. The van der Waals surface area contributed by atoms with Crippen LogP contribution in [0.15, 0.2) is 27.9 Å². The van der Waals surface area contributed by atoms with E-state index in [9.17, 15) is 23.2 Å². The van der Waals surface area contributed by atoms with Crippen LogP contribution in [0, 0.1) is 11.9 Å². The van der Waals surface area contributed by atoms with Crippen LogP contribution in [0.25, 0.3) is 0 Å². The van der Waals surface area contributed by atoms with E-state index in [2.05, 4.69) is 9.97 Å². The van der Waals surface area contributed by atoms with E-state index in [1.54, 1.807) is 0 Å². The van der Waals surface area contributed by atoms with Crippen LogP contribution >= 0.6 is 0 Å². The van der Waals surface area contributed by atoms with Gasteiger partial charge in [0, 0.05) is 6.20 Å². The summed E-state index contributed by atoms with van der Waals surface area (Å²) in [5, 5.41) is 2.03. The van der Waals surface area contributed by atoms with E-state index in [0.29, 0.717) is 0 Å². The van der Waals surface area contributed by atoms with Crippen molar-refractivity contribution < 1.29 is 13.6 Å². The summed E-state index contributed by atoms with van der Waals surface area (Å²) in [6.45, 7) is 0. The lowest BCUT2D eigenvalue weighted by atomic mass is 10.3. The normalized spacial score (nSPS) is 10.2. The van der Waals surface area contributed by atoms with Gasteiger partial charge < -0.3 is 10.3 Å². The molecular formula is C10H6F2N4O3. The van der Waals surface area contributed by atoms with Crippen LogP contribution in [0.2, 0.25) is 0 Å². The third-order valence-electron chi connectivity index (χ3n) is 2.13. The Bertz CT molecular complexity index is 753. The number of carbonyl (C=O) groups excluding carboxylic acids is 1. The second-order valence-corrected chi connectivity index (χ2v) is 3.41. The Morgan fingerprint density at radius 3 is 2.63 bits per heavy atom. The van der Waals surface area contributed by atoms with Gasteiger partial charge in [-0.1, -0.05) is 0 Å². The van der Waals surface area contributed by atoms with Crippen molar-refractivity contribution in [2.24, 2.45) is 0 Å². The van der Waals surface area contributed by atoms with Crippen LogP contribution in [-0.2, 0) is 0 Å². The summed E-state index contributed by atoms with van der Waals surface area (Å²) in [5.41, 5.74) is -2.53. The summed E-state index contributed by atoms with van der Waals surface area (Å²) >= 11 is 0. The van der Waals surface area contributed by atoms with Gasteiger partial charge >= 0.3 is 5.69 Å². The Balaban J connectivity index is 2.31. The Morgan fingerprint density at radius 2 is 2.00 bits per heavy atom. The lowest BCUT2D eigenvalue weighted by molar-refractivity contribution is 0.102. The number of pyridine rings is 1. The van der Waals surface area contributed by atoms with Gasteiger partial charge in [0.15, 0.2) is 0 Å². The number of rotatable bonds is 2. The molecule has 0 radical (unpaired) electrons. The van der Waals surface area contributed by atoms with Crippen molar-refractivity contribution in [3.63, 3.8) is 0 Å². The molecule has 98 valence electrons. The molecule has 0 bridgehead atoms. The van der Waals surface area contributed by atoms with E-state index in [4.69, 9.17) is 0 Å². The number of aromatic nitrogens is 3. The van der Waals surface area contributed by atoms with Gasteiger partial charge in [-0.15, -0.1) is 0 Å². The highest BCUT2D eigenvalue weighted by atomic mass is 19.1. The van der Waals surface area contributed by atoms with Crippen LogP contribution in [0.1, 0.15) is 10.4 Å². The van der Waals surface area contributed by atoms with E-state index >= 15 is 0 Å². The van der Waals surface area contributed by atoms with Crippen molar-refractivity contribution in [2.75, 3.05) is 5.32 Å². The quantitative estimate of drug-likeness (QED) is 0.665. The number of hydrogen-bond acceptors (Lipinski definition) is 4. The van der Waals surface area contributed by atoms with Gasteiger partial charge in [-0.3, -0.25) is 14.6 Å². The van der Waals surface area contributed by atoms with E-state index in [1.165, 1.54) is 0 Å². The molecule has 7 nitrogen and oxygen atoms in total. The summed E-state index contributed by atoms with van der Waals surface area (Å²) in [5.74, 6) is -3.24. The first-order chi connectivity index (χ1) is 8.97. The van der Waals surface area contributed by atoms with E-state index in [1.807, 2.05) is 10.3 Å². The molecule has 0 aliphatic heterocycles. The lowest BCUT2D eigenvalue weighted by Gasteiger charge is -2.04. The van der Waals surface area contributed by atoms with Crippen LogP contribution in [0.4, 0.5) is 14.5 Å². The Labute approximate surface area is 103 Å². The Morgan fingerprint density at radius 1 is 1.26 bits per heavy atom. The van der Waals surface area contributed by atoms with Gasteiger partial charge in [-0.25, -0.2) is 4.79 Å². The van der Waals surface area contributed by atoms with Crippen molar-refractivity contribution >= 4 is 11.6 Å². The molecule has 0 saturated carbocycles. The summed E-state index contributed by atoms with van der Waals surface area (Å²) in [7, 11) is 0. The minimum Gasteiger partial charge on any atom is -0.318 e. The highest BCUT2D eigenvalue weighted by Crippen LogP contribution is 2.12. The third-order valence-corrected chi connectivity index (χ3v) is 2.13. The molecule has 9 heteroatoms. The molecule has 0 aliphatic rings. The fourth-order valence-corrected chi connectivity index (χ4v) is 1.27. The third kappa shape index (κ3) is 2.70. The molecular weight excluding hydrogens is 262 g/mol. The summed E-state index contributed by atoms with van der Waals surface area (Å²) < 4.78 is 25.7. The number of nitrogens with one attached hydrogen (secondary N) is 3. The predicted molar refractivity (Wildman–Crippen MR) is 59.8 cm³/mol. The van der Waals surface area contributed by atoms with Crippen molar-refractivity contribution in [1.29, 1.82) is 0 Å². The van der Waals surface area contributed by atoms with E-state index in [-0.39, 0.29) is 0 Å². The zero-order valence-electron chi connectivity index (χ0n) is 9.16. The molecule has 0 saturated heterocycles. The Kier molecular flexibility index (Phi) is 3.19. The van der Waals surface area contributed by atoms with Crippen molar-refractivity contribution in [1.82, 2.24) is 15.0 Å². The number of nitrogens with zero attached hydrogens (tertiary/aromatic N) is 1. The van der Waals surface area contributed by atoms with Gasteiger partial charge in [0.1, 0.15) is 5.56 Å². The molecule has 0 atom stereocenters. The monoisotopic (exact) mass is 268 g/mol. The zero-order valence-corrected chi connectivity index (χ0v) is 9.16. The van der Waals surface area contributed by atoms with Crippen LogP contribution in [0.3, 0.4) is 0 Å². The number of carbonyl (C=O) groups is 1. The molecule has 0 aromatic carbocycles. The maximum absolute atomic E-state index is 13.2. The fraction of sp³-hybridized carbons (Fsp3) is 0. The molecule has 3 N–H and O–H groups in total. The van der Waals surface area contributed by atoms with E-state index in [0.717, 1.165) is 18.3 Å². The maximum atomic E-state index is 13.2. The van der Waals surface area contributed by atoms with Gasteiger partial charge in [0.05, 0.1) is 5.69 Å². The molecule has 2 aromatic rings. The van der Waals surface area contributed by atoms with Crippen molar-refractivity contribution in [2.45, 2.75) is 0 Å². The van der Waals surface area contributed by atoms with E-state index < -0.39 is 40.3 Å². The SMILES string of the molecule is O=C(Nc1ccc(F)nc1F)c1c[nH]c(=O)[nH]c1=O. The first-order valence-electron chi connectivity index (χ1n) is 4.93. The minimum absolute atomic E-state index is 0.392. The van der Waals surface area contributed by atoms with Crippen LogP contribution < -0.4 is 16.6 Å². The van der Waals surface area contributed by atoms with Crippen LogP contribution in [0.5, 0.6) is 0 Å². The molecule has 1 amide bonds. The number of anilines is 1. The zero-order chi connectivity index (χ0) is 14.0. The van der Waals surface area contributed by atoms with Crippen molar-refractivity contribution in [3.8, 4) is 0 Å². The maximum Gasteiger partial charge on any atom is 0.325 e. The first kappa shape index (κ1) is 12.6. The molecule has 0 spiro atoms. The number of H-pyrrole nitrogens is 2. The fourth-order valence-electron chi connectivity index (χ4n) is 1.27. The molecule has 2 heterocycles. The standard InChI is InChI=1S/C10H6F2N4O3/c11-6-2-1-5(7(12)15-6)14-8(17)4-3-13-10(19)16-9(4)18/h1-3H,(H,14,17)(H2,13,16,18,19). The van der Waals surface area contributed by atoms with Gasteiger partial charge in [-0.2, -0.15) is 13.8 Å². The number of amides is 1. The molecule has 19 heavy (non-hydrogen) atoms. The molecule has 2 aromatic heterocycles. The Hall–Kier alpha value is -2.84. The number of hydrogen-bond donors (Lipinski definition) is 3. The average molecular weight is 268 g/mol. The molecule has 0 unspecified atom stereocenters. The number of halogens is 2. The summed E-state index contributed by atoms with van der Waals surface area (Å²) in [4.78, 5) is 40.5. The largest absolute Gasteiger partial charge is 0.325 e. The molecule has 2 rings (SSSR count). The summed E-state index contributed by atoms with van der Waals surface area (Å²) in [6, 6.07) is 1.80. The van der Waals surface area contributed by atoms with Gasteiger partial charge in [0.25, 0.3) is 11.5 Å². The second kappa shape index (κ2) is 4.80. The topological polar surface area (TPSA) is 108 Å². The molecule has 0 aliphatic carbocycles. The molecule has 0 fully saturated rings. The summed E-state index contributed by atoms with van der Waals surface area (Å²) in [6.07, 6.45) is 0.880. The van der Waals surface area contributed by atoms with Crippen molar-refractivity contribution in [3.05, 3.63) is 56.6 Å². The van der Waals surface area contributed by atoms with Gasteiger partial charge in [-0.05, 0) is 12.1 Å². The van der Waals surface area contributed by atoms with Crippen LogP contribution in [-0.4, -0.2) is 20.9 Å². The number of aromatic amines is 2. The smallest absolute Gasteiger partial charge is 0.318 e. The predicted octanol–water partition coefficient (Wildman–Crippen LogP) is -0.0113. The highest BCUT2D eigenvalue weighted by Gasteiger charge is 2.14. The minimum atomic E-state index is -1.23. The van der Waals surface area contributed by atoms with Gasteiger partial charge in [0.2, 0.25) is 11.9 Å².